The molecule has 0 aliphatic heterocycles. The number of pyridine rings is 1. The summed E-state index contributed by atoms with van der Waals surface area (Å²) in [6.45, 7) is 4.20. The van der Waals surface area contributed by atoms with E-state index in [9.17, 15) is 9.18 Å². The SMILES string of the molecule is CC(C)c1c(C(=O)OCCOc2ccc(F)cc2)cnn1-c1ccccn1. The highest BCUT2D eigenvalue weighted by molar-refractivity contribution is 5.90. The summed E-state index contributed by atoms with van der Waals surface area (Å²) >= 11 is 0. The first kappa shape index (κ1) is 18.6. The molecule has 7 heteroatoms. The molecule has 3 rings (SSSR count). The predicted molar refractivity (Wildman–Crippen MR) is 97.6 cm³/mol. The topological polar surface area (TPSA) is 66.2 Å². The molecule has 2 heterocycles. The molecule has 0 unspecified atom stereocenters. The zero-order valence-electron chi connectivity index (χ0n) is 15.1. The van der Waals surface area contributed by atoms with Crippen LogP contribution in [0.4, 0.5) is 4.39 Å². The van der Waals surface area contributed by atoms with Crippen molar-refractivity contribution in [2.75, 3.05) is 13.2 Å². The summed E-state index contributed by atoms with van der Waals surface area (Å²) < 4.78 is 25.2. The lowest BCUT2D eigenvalue weighted by atomic mass is 10.1. The van der Waals surface area contributed by atoms with Crippen LogP contribution in [-0.4, -0.2) is 33.9 Å². The number of aromatic nitrogens is 3. The van der Waals surface area contributed by atoms with Crippen LogP contribution in [0.3, 0.4) is 0 Å². The molecule has 0 bridgehead atoms. The van der Waals surface area contributed by atoms with E-state index >= 15 is 0 Å². The van der Waals surface area contributed by atoms with Gasteiger partial charge >= 0.3 is 5.97 Å². The largest absolute Gasteiger partial charge is 0.490 e. The average molecular weight is 369 g/mol. The van der Waals surface area contributed by atoms with Crippen LogP contribution < -0.4 is 4.74 Å². The van der Waals surface area contributed by atoms with Crippen molar-refractivity contribution in [1.29, 1.82) is 0 Å². The summed E-state index contributed by atoms with van der Waals surface area (Å²) in [6, 6.07) is 11.2. The van der Waals surface area contributed by atoms with E-state index in [1.54, 1.807) is 10.9 Å². The highest BCUT2D eigenvalue weighted by atomic mass is 19.1. The molecule has 27 heavy (non-hydrogen) atoms. The van der Waals surface area contributed by atoms with Gasteiger partial charge < -0.3 is 9.47 Å². The van der Waals surface area contributed by atoms with E-state index in [1.165, 1.54) is 30.5 Å². The standard InChI is InChI=1S/C20H20FN3O3/c1-14(2)19-17(13-23-24(19)18-5-3-4-10-22-18)20(25)27-12-11-26-16-8-6-15(21)7-9-16/h3-10,13-14H,11-12H2,1-2H3. The van der Waals surface area contributed by atoms with Gasteiger partial charge in [-0.3, -0.25) is 0 Å². The normalized spacial score (nSPS) is 10.8. The van der Waals surface area contributed by atoms with Gasteiger partial charge in [0.15, 0.2) is 5.82 Å². The second kappa shape index (κ2) is 8.44. The Morgan fingerprint density at radius 1 is 1.15 bits per heavy atom. The lowest BCUT2D eigenvalue weighted by Crippen LogP contribution is -2.15. The molecule has 0 aliphatic carbocycles. The van der Waals surface area contributed by atoms with Gasteiger partial charge in [0.05, 0.1) is 11.9 Å². The smallest absolute Gasteiger partial charge is 0.341 e. The summed E-state index contributed by atoms with van der Waals surface area (Å²) in [6.07, 6.45) is 3.17. The van der Waals surface area contributed by atoms with E-state index in [2.05, 4.69) is 10.1 Å². The molecule has 0 amide bonds. The van der Waals surface area contributed by atoms with Gasteiger partial charge in [-0.15, -0.1) is 0 Å². The predicted octanol–water partition coefficient (Wildman–Crippen LogP) is 3.77. The maximum atomic E-state index is 12.9. The lowest BCUT2D eigenvalue weighted by molar-refractivity contribution is 0.0448. The van der Waals surface area contributed by atoms with Crippen molar-refractivity contribution >= 4 is 5.97 Å². The molecule has 1 aromatic carbocycles. The van der Waals surface area contributed by atoms with Crippen molar-refractivity contribution in [3.63, 3.8) is 0 Å². The Morgan fingerprint density at radius 2 is 1.93 bits per heavy atom. The molecule has 0 aliphatic rings. The Bertz CT molecular complexity index is 893. The highest BCUT2D eigenvalue weighted by Crippen LogP contribution is 2.23. The fourth-order valence-electron chi connectivity index (χ4n) is 2.63. The van der Waals surface area contributed by atoms with Crippen molar-refractivity contribution in [3.8, 4) is 11.6 Å². The molecule has 0 N–H and O–H groups in total. The van der Waals surface area contributed by atoms with Crippen molar-refractivity contribution in [2.24, 2.45) is 0 Å². The fourth-order valence-corrected chi connectivity index (χ4v) is 2.63. The Balaban J connectivity index is 1.64. The van der Waals surface area contributed by atoms with E-state index in [4.69, 9.17) is 9.47 Å². The number of nitrogens with zero attached hydrogens (tertiary/aromatic N) is 3. The Labute approximate surface area is 156 Å². The second-order valence-corrected chi connectivity index (χ2v) is 6.14. The number of hydrogen-bond donors (Lipinski definition) is 0. The minimum absolute atomic E-state index is 0.0486. The molecule has 6 nitrogen and oxygen atoms in total. The van der Waals surface area contributed by atoms with Crippen LogP contribution in [0, 0.1) is 5.82 Å². The molecule has 140 valence electrons. The highest BCUT2D eigenvalue weighted by Gasteiger charge is 2.22. The van der Waals surface area contributed by atoms with Crippen molar-refractivity contribution < 1.29 is 18.7 Å². The number of rotatable bonds is 7. The minimum Gasteiger partial charge on any atom is -0.490 e. The quantitative estimate of drug-likeness (QED) is 0.469. The Kier molecular flexibility index (Phi) is 5.80. The van der Waals surface area contributed by atoms with Gasteiger partial charge in [-0.25, -0.2) is 18.9 Å². The third-order valence-electron chi connectivity index (χ3n) is 3.84. The van der Waals surface area contributed by atoms with Crippen LogP contribution in [0.5, 0.6) is 5.75 Å². The Hall–Kier alpha value is -3.22. The molecule has 0 spiro atoms. The summed E-state index contributed by atoms with van der Waals surface area (Å²) in [4.78, 5) is 16.8. The molecule has 0 fully saturated rings. The molecule has 0 saturated carbocycles. The molecule has 0 atom stereocenters. The van der Waals surface area contributed by atoms with Crippen molar-refractivity contribution in [2.45, 2.75) is 19.8 Å². The van der Waals surface area contributed by atoms with E-state index in [0.717, 1.165) is 5.69 Å². The molecular weight excluding hydrogens is 349 g/mol. The van der Waals surface area contributed by atoms with Gasteiger partial charge in [-0.05, 0) is 42.3 Å². The summed E-state index contributed by atoms with van der Waals surface area (Å²) in [5.74, 6) is 0.397. The maximum absolute atomic E-state index is 12.9. The number of halogens is 1. The van der Waals surface area contributed by atoms with Gasteiger partial charge in [0.1, 0.15) is 30.3 Å². The van der Waals surface area contributed by atoms with Crippen molar-refractivity contribution in [3.05, 3.63) is 71.9 Å². The number of benzene rings is 1. The van der Waals surface area contributed by atoms with Gasteiger partial charge in [0, 0.05) is 6.20 Å². The van der Waals surface area contributed by atoms with Crippen LogP contribution in [0.15, 0.2) is 54.9 Å². The minimum atomic E-state index is -0.469. The third-order valence-corrected chi connectivity index (χ3v) is 3.84. The van der Waals surface area contributed by atoms with E-state index in [-0.39, 0.29) is 24.9 Å². The Morgan fingerprint density at radius 3 is 2.59 bits per heavy atom. The van der Waals surface area contributed by atoms with Gasteiger partial charge in [-0.2, -0.15) is 5.10 Å². The van der Waals surface area contributed by atoms with Crippen molar-refractivity contribution in [1.82, 2.24) is 14.8 Å². The molecule has 3 aromatic rings. The summed E-state index contributed by atoms with van der Waals surface area (Å²) in [7, 11) is 0. The lowest BCUT2D eigenvalue weighted by Gasteiger charge is -2.12. The van der Waals surface area contributed by atoms with E-state index < -0.39 is 5.97 Å². The zero-order chi connectivity index (χ0) is 19.2. The monoisotopic (exact) mass is 369 g/mol. The fraction of sp³-hybridized carbons (Fsp3) is 0.250. The first-order valence-corrected chi connectivity index (χ1v) is 8.61. The third kappa shape index (κ3) is 4.49. The molecule has 0 saturated heterocycles. The second-order valence-electron chi connectivity index (χ2n) is 6.14. The average Bonchev–Trinajstić information content (AvgIpc) is 3.13. The zero-order valence-corrected chi connectivity index (χ0v) is 15.1. The van der Waals surface area contributed by atoms with Gasteiger partial charge in [0.25, 0.3) is 0 Å². The van der Waals surface area contributed by atoms with E-state index in [1.807, 2.05) is 32.0 Å². The number of carbonyl (C=O) groups excluding carboxylic acids is 1. The maximum Gasteiger partial charge on any atom is 0.341 e. The first-order chi connectivity index (χ1) is 13.1. The molecular formula is C20H20FN3O3. The number of esters is 1. The van der Waals surface area contributed by atoms with Crippen LogP contribution in [-0.2, 0) is 4.74 Å². The summed E-state index contributed by atoms with van der Waals surface area (Å²) in [5.41, 5.74) is 1.13. The number of carbonyl (C=O) groups is 1. The number of ether oxygens (including phenoxy) is 2. The summed E-state index contributed by atoms with van der Waals surface area (Å²) in [5, 5.41) is 4.30. The van der Waals surface area contributed by atoms with Gasteiger partial charge in [-0.1, -0.05) is 19.9 Å². The van der Waals surface area contributed by atoms with Gasteiger partial charge in [0.2, 0.25) is 0 Å². The van der Waals surface area contributed by atoms with E-state index in [0.29, 0.717) is 17.1 Å². The molecule has 0 radical (unpaired) electrons. The van der Waals surface area contributed by atoms with Crippen LogP contribution >= 0.6 is 0 Å². The van der Waals surface area contributed by atoms with Crippen LogP contribution in [0.25, 0.3) is 5.82 Å². The number of hydrogen-bond acceptors (Lipinski definition) is 5. The van der Waals surface area contributed by atoms with Crippen LogP contribution in [0.1, 0.15) is 35.8 Å². The first-order valence-electron chi connectivity index (χ1n) is 8.61. The van der Waals surface area contributed by atoms with Crippen LogP contribution in [0.2, 0.25) is 0 Å². The molecule has 2 aromatic heterocycles.